The minimum absolute atomic E-state index is 0.0263. The fourth-order valence-electron chi connectivity index (χ4n) is 4.63. The highest BCUT2D eigenvalue weighted by atomic mass is 32.1. The summed E-state index contributed by atoms with van der Waals surface area (Å²) in [7, 11) is 0. The number of nitrogens with zero attached hydrogens (tertiary/aromatic N) is 4. The van der Waals surface area contributed by atoms with Crippen molar-refractivity contribution in [3.8, 4) is 0 Å². The molecule has 2 saturated heterocycles. The summed E-state index contributed by atoms with van der Waals surface area (Å²) in [6.07, 6.45) is 2.92. The van der Waals surface area contributed by atoms with Crippen molar-refractivity contribution in [3.63, 3.8) is 0 Å². The van der Waals surface area contributed by atoms with Crippen LogP contribution in [0.5, 0.6) is 0 Å². The predicted molar refractivity (Wildman–Crippen MR) is 144 cm³/mol. The van der Waals surface area contributed by atoms with Crippen LogP contribution in [0.25, 0.3) is 0 Å². The molecule has 0 atom stereocenters. The summed E-state index contributed by atoms with van der Waals surface area (Å²) in [5.74, 6) is 0.121. The smallest absolute Gasteiger partial charge is 0.248 e. The Morgan fingerprint density at radius 3 is 1.34 bits per heavy atom. The van der Waals surface area contributed by atoms with Crippen LogP contribution in [-0.4, -0.2) is 90.5 Å². The van der Waals surface area contributed by atoms with Crippen LogP contribution in [0.15, 0.2) is 0 Å². The molecule has 0 spiro atoms. The molecule has 0 aromatic heterocycles. The lowest BCUT2D eigenvalue weighted by atomic mass is 9.92. The van der Waals surface area contributed by atoms with E-state index in [1.165, 1.54) is 0 Å². The van der Waals surface area contributed by atoms with Gasteiger partial charge in [-0.15, -0.1) is 0 Å². The van der Waals surface area contributed by atoms with E-state index in [1.807, 2.05) is 51.3 Å². The van der Waals surface area contributed by atoms with Gasteiger partial charge in [-0.3, -0.25) is 29.0 Å². The van der Waals surface area contributed by atoms with Crippen molar-refractivity contribution in [2.75, 3.05) is 26.2 Å². The van der Waals surface area contributed by atoms with Crippen LogP contribution in [-0.2, 0) is 19.2 Å². The highest BCUT2D eigenvalue weighted by molar-refractivity contribution is 7.80. The molecule has 0 radical (unpaired) electrons. The lowest BCUT2D eigenvalue weighted by Crippen LogP contribution is -2.48. The molecule has 0 unspecified atom stereocenters. The summed E-state index contributed by atoms with van der Waals surface area (Å²) in [5.41, 5.74) is -1.06. The Kier molecular flexibility index (Phi) is 9.93. The Morgan fingerprint density at radius 1 is 0.714 bits per heavy atom. The van der Waals surface area contributed by atoms with E-state index in [2.05, 4.69) is 0 Å². The average Bonchev–Trinajstić information content (AvgIpc) is 3.24. The van der Waals surface area contributed by atoms with Crippen molar-refractivity contribution in [2.45, 2.75) is 97.6 Å². The van der Waals surface area contributed by atoms with E-state index in [1.54, 1.807) is 9.80 Å². The van der Waals surface area contributed by atoms with Crippen molar-refractivity contribution in [2.24, 2.45) is 0 Å². The SMILES string of the molecule is CCN1CC(=O)N(C(C)(C)CCC(=O)CCCC(=O)CCC(C)(C)N2C(=O)CN(CC)C2=S)C1=S. The monoisotopic (exact) mass is 524 g/mol. The Morgan fingerprint density at radius 2 is 1.06 bits per heavy atom. The van der Waals surface area contributed by atoms with Crippen molar-refractivity contribution in [3.05, 3.63) is 0 Å². The highest BCUT2D eigenvalue weighted by Gasteiger charge is 2.42. The summed E-state index contributed by atoms with van der Waals surface area (Å²) >= 11 is 10.9. The van der Waals surface area contributed by atoms with Gasteiger partial charge in [0.05, 0.1) is 13.1 Å². The van der Waals surface area contributed by atoms with Gasteiger partial charge >= 0.3 is 0 Å². The second kappa shape index (κ2) is 11.9. The number of hydrogen-bond donors (Lipinski definition) is 0. The molecular weight excluding hydrogens is 484 g/mol. The Hall–Kier alpha value is -1.94. The molecule has 0 N–H and O–H groups in total. The summed E-state index contributed by atoms with van der Waals surface area (Å²) in [6, 6.07) is 0. The van der Waals surface area contributed by atoms with Crippen molar-refractivity contribution in [1.82, 2.24) is 19.6 Å². The number of likely N-dealkylation sites (N-methyl/N-ethyl adjacent to an activating group) is 2. The number of carbonyl (C=O) groups excluding carboxylic acids is 4. The lowest BCUT2D eigenvalue weighted by Gasteiger charge is -2.35. The van der Waals surface area contributed by atoms with E-state index in [0.29, 0.717) is 81.3 Å². The fraction of sp³-hybridized carbons (Fsp3) is 0.760. The molecule has 0 saturated carbocycles. The van der Waals surface area contributed by atoms with Crippen molar-refractivity contribution >= 4 is 58.0 Å². The largest absolute Gasteiger partial charge is 0.340 e. The maximum atomic E-state index is 12.5. The average molecular weight is 525 g/mol. The van der Waals surface area contributed by atoms with Crippen molar-refractivity contribution < 1.29 is 19.2 Å². The first-order chi connectivity index (χ1) is 16.2. The topological polar surface area (TPSA) is 81.2 Å². The van der Waals surface area contributed by atoms with Gasteiger partial charge < -0.3 is 9.80 Å². The molecule has 2 rings (SSSR count). The number of carbonyl (C=O) groups is 4. The van der Waals surface area contributed by atoms with Crippen molar-refractivity contribution in [1.29, 1.82) is 0 Å². The molecule has 196 valence electrons. The van der Waals surface area contributed by atoms with Gasteiger partial charge in [0.15, 0.2) is 10.2 Å². The van der Waals surface area contributed by atoms with Crippen LogP contribution in [0, 0.1) is 0 Å². The lowest BCUT2D eigenvalue weighted by molar-refractivity contribution is -0.129. The highest BCUT2D eigenvalue weighted by Crippen LogP contribution is 2.28. The summed E-state index contributed by atoms with van der Waals surface area (Å²) in [6.45, 7) is 13.6. The van der Waals surface area contributed by atoms with Gasteiger partial charge in [-0.25, -0.2) is 0 Å². The Labute approximate surface area is 220 Å². The number of hydrogen-bond acceptors (Lipinski definition) is 6. The molecule has 0 bridgehead atoms. The third-order valence-corrected chi connectivity index (χ3v) is 7.87. The molecule has 10 heteroatoms. The molecule has 0 aromatic carbocycles. The maximum absolute atomic E-state index is 12.5. The van der Waals surface area contributed by atoms with Gasteiger partial charge in [0.25, 0.3) is 0 Å². The third-order valence-electron chi connectivity index (χ3n) is 6.99. The van der Waals surface area contributed by atoms with Gasteiger partial charge in [0, 0.05) is 49.9 Å². The van der Waals surface area contributed by atoms with Crippen LogP contribution in [0.2, 0.25) is 0 Å². The quantitative estimate of drug-likeness (QED) is 0.320. The van der Waals surface area contributed by atoms with Gasteiger partial charge in [-0.2, -0.15) is 0 Å². The molecule has 0 aromatic rings. The van der Waals surface area contributed by atoms with E-state index in [4.69, 9.17) is 24.4 Å². The minimum atomic E-state index is -0.532. The minimum Gasteiger partial charge on any atom is -0.340 e. The summed E-state index contributed by atoms with van der Waals surface area (Å²) in [5, 5.41) is 1.06. The van der Waals surface area contributed by atoms with E-state index >= 15 is 0 Å². The van der Waals surface area contributed by atoms with Crippen LogP contribution >= 0.6 is 24.4 Å². The molecule has 2 amide bonds. The van der Waals surface area contributed by atoms with Gasteiger partial charge in [-0.1, -0.05) is 0 Å². The summed E-state index contributed by atoms with van der Waals surface area (Å²) in [4.78, 5) is 56.8. The summed E-state index contributed by atoms with van der Waals surface area (Å²) < 4.78 is 0. The molecule has 2 fully saturated rings. The number of Topliss-reactive ketones (excluding diaryl/α,β-unsaturated/α-hetero) is 2. The molecule has 2 aliphatic heterocycles. The zero-order valence-corrected chi connectivity index (χ0v) is 23.6. The van der Waals surface area contributed by atoms with Crippen LogP contribution in [0.4, 0.5) is 0 Å². The van der Waals surface area contributed by atoms with Gasteiger partial charge in [0.1, 0.15) is 11.6 Å². The van der Waals surface area contributed by atoms with E-state index in [-0.39, 0.29) is 23.4 Å². The molecular formula is C25H40N4O4S2. The number of thiocarbonyl (C=S) groups is 2. The normalized spacial score (nSPS) is 17.3. The van der Waals surface area contributed by atoms with E-state index in [9.17, 15) is 19.2 Å². The Balaban J connectivity index is 1.74. The molecule has 35 heavy (non-hydrogen) atoms. The first-order valence-corrected chi connectivity index (χ1v) is 13.3. The third kappa shape index (κ3) is 7.06. The second-order valence-corrected chi connectivity index (χ2v) is 11.3. The number of ketones is 2. The first kappa shape index (κ1) is 29.3. The predicted octanol–water partition coefficient (Wildman–Crippen LogP) is 3.31. The van der Waals surface area contributed by atoms with Crippen LogP contribution in [0.3, 0.4) is 0 Å². The van der Waals surface area contributed by atoms with Gasteiger partial charge in [-0.05, 0) is 85.2 Å². The van der Waals surface area contributed by atoms with E-state index < -0.39 is 11.1 Å². The number of amides is 2. The standard InChI is InChI=1S/C25H40N4O4S2/c1-7-26-16-20(32)28(22(26)34)24(3,4)14-12-18(30)10-9-11-19(31)13-15-25(5,6)29-21(33)17-27(8-2)23(29)35/h7-17H2,1-6H3. The second-order valence-electron chi connectivity index (χ2n) is 10.6. The maximum Gasteiger partial charge on any atom is 0.248 e. The Bertz CT molecular complexity index is 817. The molecule has 2 aliphatic rings. The number of rotatable bonds is 14. The van der Waals surface area contributed by atoms with Gasteiger partial charge in [0.2, 0.25) is 11.8 Å². The molecule has 0 aliphatic carbocycles. The zero-order valence-electron chi connectivity index (χ0n) is 22.0. The molecule has 2 heterocycles. The molecule has 8 nitrogen and oxygen atoms in total. The fourth-order valence-corrected chi connectivity index (χ4v) is 5.72. The first-order valence-electron chi connectivity index (χ1n) is 12.5. The van der Waals surface area contributed by atoms with Crippen LogP contribution in [0.1, 0.15) is 86.5 Å². The van der Waals surface area contributed by atoms with E-state index in [0.717, 1.165) is 0 Å². The zero-order chi connectivity index (χ0) is 26.6. The van der Waals surface area contributed by atoms with Crippen LogP contribution < -0.4 is 0 Å².